The van der Waals surface area contributed by atoms with E-state index in [2.05, 4.69) is 5.32 Å². The lowest BCUT2D eigenvalue weighted by molar-refractivity contribution is -0.124. The fraction of sp³-hybridized carbons (Fsp3) is 0.462. The maximum absolute atomic E-state index is 13.4. The van der Waals surface area contributed by atoms with Gasteiger partial charge in [-0.25, -0.2) is 17.9 Å². The molecule has 0 bridgehead atoms. The first-order valence-electron chi connectivity index (χ1n) is 6.36. The predicted molar refractivity (Wildman–Crippen MR) is 73.0 cm³/mol. The van der Waals surface area contributed by atoms with Crippen LogP contribution in [-0.4, -0.2) is 14.3 Å². The van der Waals surface area contributed by atoms with Gasteiger partial charge in [0.2, 0.25) is 15.9 Å². The predicted octanol–water partition coefficient (Wildman–Crippen LogP) is 1.99. The summed E-state index contributed by atoms with van der Waals surface area (Å²) in [6, 6.07) is 3.06. The zero-order valence-corrected chi connectivity index (χ0v) is 12.0. The Morgan fingerprint density at radius 2 is 1.90 bits per heavy atom. The van der Waals surface area contributed by atoms with Crippen LogP contribution in [0.2, 0.25) is 0 Å². The molecular weight excluding hydrogens is 283 g/mol. The lowest BCUT2D eigenvalue weighted by atomic mass is 9.88. The zero-order valence-electron chi connectivity index (χ0n) is 11.1. The Balaban J connectivity index is 2.26. The smallest absolute Gasteiger partial charge is 0.238 e. The fourth-order valence-electron chi connectivity index (χ4n) is 2.46. The average molecular weight is 300 g/mol. The first-order chi connectivity index (χ1) is 9.21. The molecule has 7 heteroatoms. The third-order valence-electron chi connectivity index (χ3n) is 3.71. The van der Waals surface area contributed by atoms with E-state index in [1.54, 1.807) is 0 Å². The Labute approximate surface area is 117 Å². The molecule has 1 aromatic carbocycles. The third kappa shape index (κ3) is 3.16. The molecule has 1 amide bonds. The van der Waals surface area contributed by atoms with E-state index in [0.717, 1.165) is 43.9 Å². The van der Waals surface area contributed by atoms with E-state index in [0.29, 0.717) is 0 Å². The summed E-state index contributed by atoms with van der Waals surface area (Å²) in [6.07, 6.45) is 3.51. The van der Waals surface area contributed by atoms with Crippen molar-refractivity contribution in [2.75, 3.05) is 5.32 Å². The number of sulfonamides is 1. The van der Waals surface area contributed by atoms with Crippen LogP contribution in [0.15, 0.2) is 23.1 Å². The van der Waals surface area contributed by atoms with Gasteiger partial charge in [0.25, 0.3) is 0 Å². The molecule has 0 aromatic heterocycles. The van der Waals surface area contributed by atoms with E-state index in [1.807, 2.05) is 6.92 Å². The number of nitrogens with one attached hydrogen (secondary N) is 1. The molecule has 1 aliphatic carbocycles. The Hall–Kier alpha value is -1.47. The van der Waals surface area contributed by atoms with Crippen LogP contribution in [0.4, 0.5) is 10.1 Å². The van der Waals surface area contributed by atoms with E-state index in [4.69, 9.17) is 5.14 Å². The van der Waals surface area contributed by atoms with E-state index in [-0.39, 0.29) is 16.5 Å². The van der Waals surface area contributed by atoms with Crippen molar-refractivity contribution in [3.8, 4) is 0 Å². The summed E-state index contributed by atoms with van der Waals surface area (Å²) in [6.45, 7) is 1.86. The molecule has 3 N–H and O–H groups in total. The molecule has 1 aliphatic rings. The molecule has 0 saturated heterocycles. The number of primary sulfonamides is 1. The van der Waals surface area contributed by atoms with E-state index >= 15 is 0 Å². The zero-order chi connectivity index (χ0) is 15.0. The van der Waals surface area contributed by atoms with Crippen molar-refractivity contribution < 1.29 is 17.6 Å². The molecule has 1 fully saturated rings. The van der Waals surface area contributed by atoms with Crippen molar-refractivity contribution in [3.63, 3.8) is 0 Å². The molecule has 20 heavy (non-hydrogen) atoms. The standard InChI is InChI=1S/C13H17FN2O3S/c1-13(4-2-3-5-13)12(17)16-10-6-9(14)7-11(8-10)20(15,18)19/h6-8H,2-5H2,1H3,(H,16,17)(H2,15,18,19). The summed E-state index contributed by atoms with van der Waals surface area (Å²) in [5, 5.41) is 7.55. The highest BCUT2D eigenvalue weighted by molar-refractivity contribution is 7.89. The second-order valence-electron chi connectivity index (χ2n) is 5.44. The molecule has 5 nitrogen and oxygen atoms in total. The van der Waals surface area contributed by atoms with Crippen LogP contribution >= 0.6 is 0 Å². The normalized spacial score (nSPS) is 17.9. The minimum absolute atomic E-state index is 0.104. The van der Waals surface area contributed by atoms with Crippen molar-refractivity contribution in [1.82, 2.24) is 0 Å². The van der Waals surface area contributed by atoms with Gasteiger partial charge in [-0.1, -0.05) is 19.8 Å². The lowest BCUT2D eigenvalue weighted by Gasteiger charge is -2.22. The Bertz CT molecular complexity index is 637. The van der Waals surface area contributed by atoms with E-state index in [9.17, 15) is 17.6 Å². The molecule has 2 rings (SSSR count). The van der Waals surface area contributed by atoms with Crippen LogP contribution in [0.5, 0.6) is 0 Å². The quantitative estimate of drug-likeness (QED) is 0.894. The first kappa shape index (κ1) is 14.9. The number of benzene rings is 1. The third-order valence-corrected chi connectivity index (χ3v) is 4.61. The Kier molecular flexibility index (Phi) is 3.84. The maximum Gasteiger partial charge on any atom is 0.238 e. The number of halogens is 1. The molecule has 1 saturated carbocycles. The van der Waals surface area contributed by atoms with Crippen LogP contribution in [0.3, 0.4) is 0 Å². The number of anilines is 1. The monoisotopic (exact) mass is 300 g/mol. The summed E-state index contributed by atoms with van der Waals surface area (Å²) in [5.74, 6) is -0.982. The van der Waals surface area contributed by atoms with Crippen molar-refractivity contribution in [1.29, 1.82) is 0 Å². The highest BCUT2D eigenvalue weighted by Crippen LogP contribution is 2.38. The molecule has 0 aliphatic heterocycles. The number of carbonyl (C=O) groups excluding carboxylic acids is 1. The van der Waals surface area contributed by atoms with Crippen LogP contribution in [0.25, 0.3) is 0 Å². The molecule has 0 unspecified atom stereocenters. The van der Waals surface area contributed by atoms with Crippen molar-refractivity contribution in [2.24, 2.45) is 10.6 Å². The Morgan fingerprint density at radius 1 is 1.30 bits per heavy atom. The number of rotatable bonds is 3. The SMILES string of the molecule is CC1(C(=O)Nc2cc(F)cc(S(N)(=O)=O)c2)CCCC1. The summed E-state index contributed by atoms with van der Waals surface area (Å²) in [4.78, 5) is 11.8. The van der Waals surface area contributed by atoms with Gasteiger partial charge in [0.1, 0.15) is 5.82 Å². The van der Waals surface area contributed by atoms with E-state index < -0.39 is 21.3 Å². The molecule has 0 spiro atoms. The highest BCUT2D eigenvalue weighted by Gasteiger charge is 2.36. The summed E-state index contributed by atoms with van der Waals surface area (Å²) in [5.41, 5.74) is -0.374. The number of nitrogens with two attached hydrogens (primary N) is 1. The summed E-state index contributed by atoms with van der Waals surface area (Å²) in [7, 11) is -4.01. The maximum atomic E-state index is 13.4. The van der Waals surface area contributed by atoms with Gasteiger partial charge in [-0.2, -0.15) is 0 Å². The van der Waals surface area contributed by atoms with Gasteiger partial charge in [-0.3, -0.25) is 4.79 Å². The molecule has 110 valence electrons. The van der Waals surface area contributed by atoms with Gasteiger partial charge >= 0.3 is 0 Å². The molecular formula is C13H17FN2O3S. The van der Waals surface area contributed by atoms with E-state index in [1.165, 1.54) is 0 Å². The van der Waals surface area contributed by atoms with Crippen molar-refractivity contribution >= 4 is 21.6 Å². The lowest BCUT2D eigenvalue weighted by Crippen LogP contribution is -2.31. The van der Waals surface area contributed by atoms with Crippen LogP contribution < -0.4 is 10.5 Å². The van der Waals surface area contributed by atoms with Crippen LogP contribution in [-0.2, 0) is 14.8 Å². The van der Waals surface area contributed by atoms with Gasteiger partial charge in [0.15, 0.2) is 0 Å². The number of hydrogen-bond acceptors (Lipinski definition) is 3. The van der Waals surface area contributed by atoms with Crippen LogP contribution in [0.1, 0.15) is 32.6 Å². The van der Waals surface area contributed by atoms with Gasteiger partial charge in [0, 0.05) is 11.1 Å². The van der Waals surface area contributed by atoms with Gasteiger partial charge < -0.3 is 5.32 Å². The Morgan fingerprint density at radius 3 is 2.45 bits per heavy atom. The van der Waals surface area contributed by atoms with Crippen LogP contribution in [0, 0.1) is 11.2 Å². The largest absolute Gasteiger partial charge is 0.325 e. The first-order valence-corrected chi connectivity index (χ1v) is 7.90. The molecule has 1 aromatic rings. The number of carbonyl (C=O) groups is 1. The number of amides is 1. The van der Waals surface area contributed by atoms with Crippen molar-refractivity contribution in [2.45, 2.75) is 37.5 Å². The summed E-state index contributed by atoms with van der Waals surface area (Å²) < 4.78 is 35.9. The fourth-order valence-corrected chi connectivity index (χ4v) is 3.03. The summed E-state index contributed by atoms with van der Waals surface area (Å²) >= 11 is 0. The second-order valence-corrected chi connectivity index (χ2v) is 7.00. The molecule has 0 radical (unpaired) electrons. The van der Waals surface area contributed by atoms with Gasteiger partial charge in [0.05, 0.1) is 4.90 Å². The number of hydrogen-bond donors (Lipinski definition) is 2. The minimum Gasteiger partial charge on any atom is -0.325 e. The highest BCUT2D eigenvalue weighted by atomic mass is 32.2. The molecule has 0 heterocycles. The second kappa shape index (κ2) is 5.14. The van der Waals surface area contributed by atoms with Gasteiger partial charge in [-0.15, -0.1) is 0 Å². The van der Waals surface area contributed by atoms with Crippen molar-refractivity contribution in [3.05, 3.63) is 24.0 Å². The molecule has 0 atom stereocenters. The minimum atomic E-state index is -4.01. The van der Waals surface area contributed by atoms with Gasteiger partial charge in [-0.05, 0) is 31.0 Å². The average Bonchev–Trinajstić information content (AvgIpc) is 2.75. The topological polar surface area (TPSA) is 89.3 Å².